The minimum Gasteiger partial charge on any atom is -0.487 e. The van der Waals surface area contributed by atoms with Crippen LogP contribution in [-0.4, -0.2) is 17.6 Å². The highest BCUT2D eigenvalue weighted by atomic mass is 35.5. The topological polar surface area (TPSA) is 57.7 Å². The zero-order valence-electron chi connectivity index (χ0n) is 17.6. The SMILES string of the molecule is CCCCOC(=O)C=Cc1ccc(Oc2ccc(OCc3ccccc3Cl)cn2)c(Cl)c1. The smallest absolute Gasteiger partial charge is 0.330 e. The molecular weight excluding hydrogens is 449 g/mol. The Kier molecular flexibility index (Phi) is 8.96. The number of rotatable bonds is 10. The third-order valence-electron chi connectivity index (χ3n) is 4.39. The summed E-state index contributed by atoms with van der Waals surface area (Å²) in [4.78, 5) is 15.9. The summed E-state index contributed by atoms with van der Waals surface area (Å²) in [5.41, 5.74) is 1.65. The van der Waals surface area contributed by atoms with E-state index in [2.05, 4.69) is 4.98 Å². The highest BCUT2D eigenvalue weighted by molar-refractivity contribution is 6.32. The molecule has 0 N–H and O–H groups in total. The Morgan fingerprint density at radius 1 is 1.06 bits per heavy atom. The first-order valence-electron chi connectivity index (χ1n) is 10.2. The van der Waals surface area contributed by atoms with Crippen molar-refractivity contribution < 1.29 is 19.0 Å². The van der Waals surface area contributed by atoms with Crippen molar-refractivity contribution in [2.24, 2.45) is 0 Å². The lowest BCUT2D eigenvalue weighted by molar-refractivity contribution is -0.137. The summed E-state index contributed by atoms with van der Waals surface area (Å²) in [5.74, 6) is 1.04. The van der Waals surface area contributed by atoms with Crippen molar-refractivity contribution in [2.75, 3.05) is 6.61 Å². The molecule has 5 nitrogen and oxygen atoms in total. The Morgan fingerprint density at radius 2 is 1.91 bits per heavy atom. The third-order valence-corrected chi connectivity index (χ3v) is 5.05. The van der Waals surface area contributed by atoms with Crippen molar-refractivity contribution in [1.82, 2.24) is 4.98 Å². The highest BCUT2D eigenvalue weighted by Crippen LogP contribution is 2.30. The van der Waals surface area contributed by atoms with E-state index in [-0.39, 0.29) is 5.97 Å². The predicted octanol–water partition coefficient (Wildman–Crippen LogP) is 7.12. The van der Waals surface area contributed by atoms with Gasteiger partial charge < -0.3 is 14.2 Å². The van der Waals surface area contributed by atoms with E-state index in [0.717, 1.165) is 24.0 Å². The van der Waals surface area contributed by atoms with Gasteiger partial charge in [-0.15, -0.1) is 0 Å². The Balaban J connectivity index is 1.55. The van der Waals surface area contributed by atoms with Gasteiger partial charge in [0.2, 0.25) is 5.88 Å². The maximum Gasteiger partial charge on any atom is 0.330 e. The lowest BCUT2D eigenvalue weighted by atomic mass is 10.2. The molecule has 0 radical (unpaired) electrons. The van der Waals surface area contributed by atoms with Gasteiger partial charge in [0, 0.05) is 22.7 Å². The number of ether oxygens (including phenoxy) is 3. The van der Waals surface area contributed by atoms with Crippen LogP contribution in [0.2, 0.25) is 10.0 Å². The molecule has 0 saturated carbocycles. The lowest BCUT2D eigenvalue weighted by Crippen LogP contribution is -2.01. The molecule has 166 valence electrons. The predicted molar refractivity (Wildman–Crippen MR) is 126 cm³/mol. The average Bonchev–Trinajstić information content (AvgIpc) is 2.80. The fourth-order valence-corrected chi connectivity index (χ4v) is 3.05. The summed E-state index contributed by atoms with van der Waals surface area (Å²) in [6.45, 7) is 2.80. The molecule has 0 aliphatic heterocycles. The summed E-state index contributed by atoms with van der Waals surface area (Å²) < 4.78 is 16.6. The zero-order valence-corrected chi connectivity index (χ0v) is 19.1. The maximum atomic E-state index is 11.7. The van der Waals surface area contributed by atoms with Gasteiger partial charge in [0.25, 0.3) is 0 Å². The molecule has 1 heterocycles. The van der Waals surface area contributed by atoms with Crippen molar-refractivity contribution in [3.8, 4) is 17.4 Å². The number of esters is 1. The molecule has 3 rings (SSSR count). The second kappa shape index (κ2) is 12.1. The van der Waals surface area contributed by atoms with E-state index in [1.54, 1.807) is 42.6 Å². The van der Waals surface area contributed by atoms with E-state index in [9.17, 15) is 4.79 Å². The quantitative estimate of drug-likeness (QED) is 0.179. The number of nitrogens with zero attached hydrogens (tertiary/aromatic N) is 1. The van der Waals surface area contributed by atoms with Crippen LogP contribution in [-0.2, 0) is 16.1 Å². The number of hydrogen-bond acceptors (Lipinski definition) is 5. The molecule has 0 spiro atoms. The normalized spacial score (nSPS) is 10.8. The first-order chi connectivity index (χ1) is 15.5. The summed E-state index contributed by atoms with van der Waals surface area (Å²) in [7, 11) is 0. The summed E-state index contributed by atoms with van der Waals surface area (Å²) in [6.07, 6.45) is 6.42. The first-order valence-corrected chi connectivity index (χ1v) is 10.9. The van der Waals surface area contributed by atoms with Crippen molar-refractivity contribution in [1.29, 1.82) is 0 Å². The third kappa shape index (κ3) is 7.29. The fraction of sp³-hybridized carbons (Fsp3) is 0.200. The van der Waals surface area contributed by atoms with Crippen LogP contribution in [0, 0.1) is 0 Å². The van der Waals surface area contributed by atoms with Crippen LogP contribution in [0.5, 0.6) is 17.4 Å². The number of aromatic nitrogens is 1. The number of hydrogen-bond donors (Lipinski definition) is 0. The summed E-state index contributed by atoms with van der Waals surface area (Å²) >= 11 is 12.5. The van der Waals surface area contributed by atoms with Crippen molar-refractivity contribution in [2.45, 2.75) is 26.4 Å². The van der Waals surface area contributed by atoms with Gasteiger partial charge in [0.1, 0.15) is 18.1 Å². The molecule has 7 heteroatoms. The number of benzene rings is 2. The van der Waals surface area contributed by atoms with Crippen LogP contribution in [0.4, 0.5) is 0 Å². The molecule has 0 aliphatic rings. The molecule has 0 saturated heterocycles. The number of unbranched alkanes of at least 4 members (excludes halogenated alkanes) is 1. The van der Waals surface area contributed by atoms with Gasteiger partial charge in [0.05, 0.1) is 17.8 Å². The minimum absolute atomic E-state index is 0.342. The van der Waals surface area contributed by atoms with Crippen LogP contribution >= 0.6 is 23.2 Å². The molecular formula is C25H23Cl2NO4. The van der Waals surface area contributed by atoms with Gasteiger partial charge in [0.15, 0.2) is 0 Å². The number of carbonyl (C=O) groups excluding carboxylic acids is 1. The van der Waals surface area contributed by atoms with Crippen molar-refractivity contribution in [3.63, 3.8) is 0 Å². The van der Waals surface area contributed by atoms with Gasteiger partial charge >= 0.3 is 5.97 Å². The van der Waals surface area contributed by atoms with Crippen LogP contribution in [0.25, 0.3) is 6.08 Å². The van der Waals surface area contributed by atoms with Crippen molar-refractivity contribution >= 4 is 35.2 Å². The Hall–Kier alpha value is -3.02. The number of carbonyl (C=O) groups is 1. The minimum atomic E-state index is -0.379. The molecule has 2 aromatic carbocycles. The van der Waals surface area contributed by atoms with Gasteiger partial charge in [-0.3, -0.25) is 0 Å². The van der Waals surface area contributed by atoms with E-state index in [4.69, 9.17) is 37.4 Å². The average molecular weight is 472 g/mol. The fourth-order valence-electron chi connectivity index (χ4n) is 2.63. The van der Waals surface area contributed by atoms with E-state index in [1.165, 1.54) is 6.08 Å². The first kappa shape index (κ1) is 23.6. The van der Waals surface area contributed by atoms with Gasteiger partial charge in [-0.2, -0.15) is 0 Å². The monoisotopic (exact) mass is 471 g/mol. The zero-order chi connectivity index (χ0) is 22.8. The van der Waals surface area contributed by atoms with Gasteiger partial charge in [-0.1, -0.05) is 60.8 Å². The summed E-state index contributed by atoms with van der Waals surface area (Å²) in [6, 6.07) is 16.2. The van der Waals surface area contributed by atoms with E-state index in [1.807, 2.05) is 31.2 Å². The maximum absolute atomic E-state index is 11.7. The molecule has 0 unspecified atom stereocenters. The van der Waals surface area contributed by atoms with Crippen LogP contribution < -0.4 is 9.47 Å². The number of pyridine rings is 1. The van der Waals surface area contributed by atoms with Gasteiger partial charge in [-0.05, 0) is 42.3 Å². The van der Waals surface area contributed by atoms with Crippen molar-refractivity contribution in [3.05, 3.63) is 88.0 Å². The molecule has 0 amide bonds. The molecule has 3 aromatic rings. The second-order valence-electron chi connectivity index (χ2n) is 6.86. The van der Waals surface area contributed by atoms with E-state index >= 15 is 0 Å². The molecule has 0 aliphatic carbocycles. The Labute approximate surface area is 197 Å². The largest absolute Gasteiger partial charge is 0.487 e. The molecule has 0 bridgehead atoms. The van der Waals surface area contributed by atoms with Crippen LogP contribution in [0.15, 0.2) is 66.9 Å². The Morgan fingerprint density at radius 3 is 2.62 bits per heavy atom. The standard InChI is InChI=1S/C25H23Cl2NO4/c1-2-3-14-30-25(29)13-9-18-8-11-23(22(27)15-18)32-24-12-10-20(16-28-24)31-17-19-6-4-5-7-21(19)26/h4-13,15-16H,2-3,14,17H2,1H3. The van der Waals surface area contributed by atoms with E-state index < -0.39 is 0 Å². The van der Waals surface area contributed by atoms with Crippen LogP contribution in [0.1, 0.15) is 30.9 Å². The van der Waals surface area contributed by atoms with E-state index in [0.29, 0.717) is 40.6 Å². The Bertz CT molecular complexity index is 1070. The molecule has 32 heavy (non-hydrogen) atoms. The highest BCUT2D eigenvalue weighted by Gasteiger charge is 2.07. The molecule has 0 atom stereocenters. The van der Waals surface area contributed by atoms with Crippen LogP contribution in [0.3, 0.4) is 0 Å². The second-order valence-corrected chi connectivity index (χ2v) is 7.67. The molecule has 1 aromatic heterocycles. The number of halogens is 2. The summed E-state index contributed by atoms with van der Waals surface area (Å²) in [5, 5.41) is 1.05. The molecule has 0 fully saturated rings. The lowest BCUT2D eigenvalue weighted by Gasteiger charge is -2.10. The van der Waals surface area contributed by atoms with Gasteiger partial charge in [-0.25, -0.2) is 9.78 Å².